The number of likely N-dealkylation sites (tertiary alicyclic amines) is 1. The van der Waals surface area contributed by atoms with Gasteiger partial charge in [0.1, 0.15) is 0 Å². The van der Waals surface area contributed by atoms with Crippen LogP contribution in [0.15, 0.2) is 17.6 Å². The van der Waals surface area contributed by atoms with E-state index in [0.29, 0.717) is 0 Å². The quantitative estimate of drug-likeness (QED) is 0.289. The molecule has 1 atom stereocenters. The van der Waals surface area contributed by atoms with E-state index in [9.17, 15) is 0 Å². The Morgan fingerprint density at radius 3 is 2.87 bits per heavy atom. The van der Waals surface area contributed by atoms with Crippen LogP contribution in [-0.4, -0.2) is 61.6 Å². The molecule has 1 unspecified atom stereocenters. The Balaban J connectivity index is 2.25. The fourth-order valence-corrected chi connectivity index (χ4v) is 3.15. The number of aliphatic imine (C=N–C) groups is 1. The first-order valence-electron chi connectivity index (χ1n) is 9.53. The number of hydrogen-bond donors (Lipinski definition) is 1. The summed E-state index contributed by atoms with van der Waals surface area (Å²) in [5, 5.41) is 3.40. The molecule has 0 amide bonds. The van der Waals surface area contributed by atoms with Crippen molar-refractivity contribution in [2.24, 2.45) is 4.99 Å². The van der Waals surface area contributed by atoms with Crippen LogP contribution in [0.3, 0.4) is 0 Å². The predicted molar refractivity (Wildman–Crippen MR) is 102 cm³/mol. The van der Waals surface area contributed by atoms with Crippen molar-refractivity contribution in [1.29, 1.82) is 0 Å². The molecule has 4 heteroatoms. The van der Waals surface area contributed by atoms with Crippen molar-refractivity contribution in [2.75, 3.05) is 39.8 Å². The average Bonchev–Trinajstić information content (AvgIpc) is 2.55. The third-order valence-corrected chi connectivity index (χ3v) is 4.65. The number of allylic oxidation sites excluding steroid dienone is 1. The predicted octanol–water partition coefficient (Wildman–Crippen LogP) is 3.50. The first kappa shape index (κ1) is 20.0. The number of unbranched alkanes of at least 4 members (excludes halogenated alkanes) is 2. The molecule has 0 aromatic carbocycles. The highest BCUT2D eigenvalue weighted by Crippen LogP contribution is 2.16. The van der Waals surface area contributed by atoms with Gasteiger partial charge in [-0.15, -0.1) is 6.58 Å². The molecular weight excluding hydrogens is 284 g/mol. The largest absolute Gasteiger partial charge is 0.357 e. The van der Waals surface area contributed by atoms with E-state index in [1.807, 2.05) is 6.08 Å². The summed E-state index contributed by atoms with van der Waals surface area (Å²) in [5.41, 5.74) is 0. The summed E-state index contributed by atoms with van der Waals surface area (Å²) in [6.07, 6.45) is 10.8. The van der Waals surface area contributed by atoms with Crippen LogP contribution in [-0.2, 0) is 0 Å². The molecule has 1 rings (SSSR count). The minimum absolute atomic E-state index is 0.778. The zero-order valence-electron chi connectivity index (χ0n) is 15.7. The summed E-state index contributed by atoms with van der Waals surface area (Å²) in [5.74, 6) is 1.04. The lowest BCUT2D eigenvalue weighted by atomic mass is 10.0. The molecule has 0 aromatic rings. The lowest BCUT2D eigenvalue weighted by Gasteiger charge is -2.33. The van der Waals surface area contributed by atoms with Crippen molar-refractivity contribution in [3.8, 4) is 0 Å². The summed E-state index contributed by atoms with van der Waals surface area (Å²) >= 11 is 0. The van der Waals surface area contributed by atoms with E-state index in [-0.39, 0.29) is 0 Å². The molecule has 0 aliphatic carbocycles. The third kappa shape index (κ3) is 8.40. The maximum Gasteiger partial charge on any atom is 0.193 e. The number of hydrogen-bond acceptors (Lipinski definition) is 2. The van der Waals surface area contributed by atoms with Gasteiger partial charge in [0.25, 0.3) is 0 Å². The van der Waals surface area contributed by atoms with Crippen molar-refractivity contribution in [3.05, 3.63) is 12.7 Å². The number of nitrogens with zero attached hydrogens (tertiary/aromatic N) is 3. The van der Waals surface area contributed by atoms with Crippen molar-refractivity contribution in [2.45, 2.75) is 64.8 Å². The highest BCUT2D eigenvalue weighted by Gasteiger charge is 2.16. The molecule has 1 saturated heterocycles. The molecule has 1 N–H and O–H groups in total. The van der Waals surface area contributed by atoms with Crippen LogP contribution >= 0.6 is 0 Å². The molecule has 0 radical (unpaired) electrons. The normalized spacial score (nSPS) is 19.6. The van der Waals surface area contributed by atoms with Gasteiger partial charge in [-0.2, -0.15) is 0 Å². The van der Waals surface area contributed by atoms with Crippen LogP contribution < -0.4 is 5.32 Å². The summed E-state index contributed by atoms with van der Waals surface area (Å²) < 4.78 is 0. The summed E-state index contributed by atoms with van der Waals surface area (Å²) in [6, 6.07) is 0.778. The van der Waals surface area contributed by atoms with Crippen LogP contribution in [0, 0.1) is 0 Å². The monoisotopic (exact) mass is 322 g/mol. The Morgan fingerprint density at radius 1 is 1.35 bits per heavy atom. The molecular formula is C19H38N4. The van der Waals surface area contributed by atoms with E-state index in [2.05, 4.69) is 42.6 Å². The minimum Gasteiger partial charge on any atom is -0.357 e. The Labute approximate surface area is 144 Å². The standard InChI is InChI=1S/C19H38N4/c1-5-7-10-15-22(4)19(20-6-2)21-14-9-12-17-23-16-11-8-13-18(23)3/h5,18H,1,6-17H2,2-4H3,(H,20,21). The van der Waals surface area contributed by atoms with Crippen LogP contribution in [0.4, 0.5) is 0 Å². The molecule has 23 heavy (non-hydrogen) atoms. The van der Waals surface area contributed by atoms with E-state index in [1.165, 1.54) is 45.2 Å². The van der Waals surface area contributed by atoms with E-state index >= 15 is 0 Å². The van der Waals surface area contributed by atoms with Gasteiger partial charge in [0.15, 0.2) is 5.96 Å². The van der Waals surface area contributed by atoms with Gasteiger partial charge in [0.05, 0.1) is 0 Å². The molecule has 0 saturated carbocycles. The first-order chi connectivity index (χ1) is 11.2. The second-order valence-corrected chi connectivity index (χ2v) is 6.68. The van der Waals surface area contributed by atoms with E-state index in [4.69, 9.17) is 4.99 Å². The smallest absolute Gasteiger partial charge is 0.193 e. The van der Waals surface area contributed by atoms with Crippen LogP contribution in [0.2, 0.25) is 0 Å². The Morgan fingerprint density at radius 2 is 2.17 bits per heavy atom. The van der Waals surface area contributed by atoms with Crippen LogP contribution in [0.25, 0.3) is 0 Å². The first-order valence-corrected chi connectivity index (χ1v) is 9.53. The van der Waals surface area contributed by atoms with Gasteiger partial charge >= 0.3 is 0 Å². The summed E-state index contributed by atoms with van der Waals surface area (Å²) in [6.45, 7) is 13.7. The maximum absolute atomic E-state index is 4.78. The zero-order valence-corrected chi connectivity index (χ0v) is 15.7. The molecule has 1 aliphatic rings. The van der Waals surface area contributed by atoms with Gasteiger partial charge in [-0.3, -0.25) is 4.99 Å². The Hall–Kier alpha value is -1.03. The van der Waals surface area contributed by atoms with Gasteiger partial charge in [0, 0.05) is 32.7 Å². The second kappa shape index (κ2) is 12.4. The van der Waals surface area contributed by atoms with Gasteiger partial charge in [0.2, 0.25) is 0 Å². The maximum atomic E-state index is 4.78. The molecule has 1 fully saturated rings. The molecule has 4 nitrogen and oxygen atoms in total. The molecule has 0 aromatic heterocycles. The number of piperidine rings is 1. The Bertz CT molecular complexity index is 340. The van der Waals surface area contributed by atoms with Gasteiger partial charge in [-0.25, -0.2) is 0 Å². The molecule has 0 spiro atoms. The SMILES string of the molecule is C=CCCCN(C)C(=NCCCCN1CCCCC1C)NCC. The fraction of sp³-hybridized carbons (Fsp3) is 0.842. The van der Waals surface area contributed by atoms with Crippen molar-refractivity contribution in [1.82, 2.24) is 15.1 Å². The fourth-order valence-electron chi connectivity index (χ4n) is 3.15. The van der Waals surface area contributed by atoms with E-state index < -0.39 is 0 Å². The Kier molecular flexibility index (Phi) is 10.8. The number of rotatable bonds is 10. The molecule has 1 aliphatic heterocycles. The zero-order chi connectivity index (χ0) is 16.9. The number of guanidine groups is 1. The van der Waals surface area contributed by atoms with Crippen molar-refractivity contribution < 1.29 is 0 Å². The van der Waals surface area contributed by atoms with Crippen molar-refractivity contribution in [3.63, 3.8) is 0 Å². The van der Waals surface area contributed by atoms with Gasteiger partial charge in [-0.1, -0.05) is 12.5 Å². The second-order valence-electron chi connectivity index (χ2n) is 6.68. The van der Waals surface area contributed by atoms with E-state index in [1.54, 1.807) is 0 Å². The van der Waals surface area contributed by atoms with Gasteiger partial charge < -0.3 is 15.1 Å². The van der Waals surface area contributed by atoms with Crippen molar-refractivity contribution >= 4 is 5.96 Å². The van der Waals surface area contributed by atoms with Crippen LogP contribution in [0.5, 0.6) is 0 Å². The van der Waals surface area contributed by atoms with E-state index in [0.717, 1.165) is 44.5 Å². The lowest BCUT2D eigenvalue weighted by molar-refractivity contribution is 0.158. The molecule has 0 bridgehead atoms. The molecule has 134 valence electrons. The number of nitrogens with one attached hydrogen (secondary N) is 1. The highest BCUT2D eigenvalue weighted by atomic mass is 15.3. The minimum atomic E-state index is 0.778. The third-order valence-electron chi connectivity index (χ3n) is 4.65. The topological polar surface area (TPSA) is 30.9 Å². The lowest BCUT2D eigenvalue weighted by Crippen LogP contribution is -2.39. The van der Waals surface area contributed by atoms with Gasteiger partial charge in [-0.05, 0) is 65.5 Å². The summed E-state index contributed by atoms with van der Waals surface area (Å²) in [7, 11) is 2.12. The summed E-state index contributed by atoms with van der Waals surface area (Å²) in [4.78, 5) is 9.67. The average molecular weight is 323 g/mol. The molecule has 1 heterocycles. The highest BCUT2D eigenvalue weighted by molar-refractivity contribution is 5.79. The van der Waals surface area contributed by atoms with Crippen LogP contribution in [0.1, 0.15) is 58.8 Å².